The van der Waals surface area contributed by atoms with E-state index >= 15 is 0 Å². The number of hydrogen-bond donors (Lipinski definition) is 3. The third kappa shape index (κ3) is 14.2. The molecule has 2 rings (SSSR count). The minimum atomic E-state index is -1.43. The zero-order chi connectivity index (χ0) is 38.0. The van der Waals surface area contributed by atoms with Gasteiger partial charge in [0.05, 0.1) is 6.42 Å². The number of nitrogens with one attached hydrogen (secondary N) is 2. The summed E-state index contributed by atoms with van der Waals surface area (Å²) in [6.07, 6.45) is -0.0653. The van der Waals surface area contributed by atoms with Gasteiger partial charge in [-0.25, -0.2) is 9.59 Å². The molecule has 0 saturated carbocycles. The van der Waals surface area contributed by atoms with Crippen molar-refractivity contribution in [3.63, 3.8) is 0 Å². The fraction of sp³-hybridized carbons (Fsp3) is 0.564. The minimum Gasteiger partial charge on any atom is -0.458 e. The average Bonchev–Trinajstić information content (AvgIpc) is 2.95. The highest BCUT2D eigenvalue weighted by atomic mass is 16.6. The van der Waals surface area contributed by atoms with Crippen LogP contribution in [0.25, 0.3) is 0 Å². The SMILES string of the molecule is Cc1cc(C)cc(C(C(=O)NC(Cc2ccccc2)C(=O)OC(C)(C)C)N(C(=O)C(CC(N)=O)NC(=O)OC(C)(C)C)C(C)CCC(C)C)c1. The van der Waals surface area contributed by atoms with Gasteiger partial charge in [0.1, 0.15) is 29.3 Å². The fourth-order valence-corrected chi connectivity index (χ4v) is 5.62. The second kappa shape index (κ2) is 18.0. The summed E-state index contributed by atoms with van der Waals surface area (Å²) in [7, 11) is 0. The Labute approximate surface area is 298 Å². The number of nitrogens with zero attached hydrogens (tertiary/aromatic N) is 1. The quantitative estimate of drug-likeness (QED) is 0.198. The first-order valence-electron chi connectivity index (χ1n) is 17.3. The van der Waals surface area contributed by atoms with Crippen molar-refractivity contribution in [3.8, 4) is 0 Å². The summed E-state index contributed by atoms with van der Waals surface area (Å²) in [6, 6.07) is 10.5. The number of carbonyl (C=O) groups excluding carboxylic acids is 5. The first-order valence-corrected chi connectivity index (χ1v) is 17.3. The van der Waals surface area contributed by atoms with Gasteiger partial charge < -0.3 is 30.7 Å². The Morgan fingerprint density at radius 3 is 1.84 bits per heavy atom. The monoisotopic (exact) mass is 694 g/mol. The molecule has 11 nitrogen and oxygen atoms in total. The lowest BCUT2D eigenvalue weighted by Crippen LogP contribution is -2.57. The fourth-order valence-electron chi connectivity index (χ4n) is 5.62. The molecule has 276 valence electrons. The van der Waals surface area contributed by atoms with Crippen LogP contribution in [0.5, 0.6) is 0 Å². The molecule has 0 aliphatic carbocycles. The van der Waals surface area contributed by atoms with Crippen LogP contribution in [0.2, 0.25) is 0 Å². The summed E-state index contributed by atoms with van der Waals surface area (Å²) in [6.45, 7) is 20.0. The van der Waals surface area contributed by atoms with Crippen LogP contribution < -0.4 is 16.4 Å². The van der Waals surface area contributed by atoms with E-state index < -0.39 is 71.6 Å². The normalized spacial score (nSPS) is 14.2. The summed E-state index contributed by atoms with van der Waals surface area (Å²) in [4.78, 5) is 69.8. The second-order valence-corrected chi connectivity index (χ2v) is 15.5. The van der Waals surface area contributed by atoms with Gasteiger partial charge in [-0.05, 0) is 92.2 Å². The van der Waals surface area contributed by atoms with Crippen molar-refractivity contribution in [1.29, 1.82) is 0 Å². The lowest BCUT2D eigenvalue weighted by Gasteiger charge is -2.39. The van der Waals surface area contributed by atoms with Crippen molar-refractivity contribution in [1.82, 2.24) is 15.5 Å². The Balaban J connectivity index is 2.77. The third-order valence-corrected chi connectivity index (χ3v) is 7.66. The molecule has 4 atom stereocenters. The molecule has 0 aliphatic rings. The average molecular weight is 695 g/mol. The topological polar surface area (TPSA) is 157 Å². The number of amides is 4. The van der Waals surface area contributed by atoms with Crippen molar-refractivity contribution in [2.45, 2.75) is 137 Å². The zero-order valence-corrected chi connectivity index (χ0v) is 31.7. The third-order valence-electron chi connectivity index (χ3n) is 7.66. The second-order valence-electron chi connectivity index (χ2n) is 15.5. The van der Waals surface area contributed by atoms with Crippen LogP contribution in [0.1, 0.15) is 110 Å². The number of carbonyl (C=O) groups is 5. The van der Waals surface area contributed by atoms with E-state index in [1.54, 1.807) is 41.5 Å². The van der Waals surface area contributed by atoms with Gasteiger partial charge in [-0.15, -0.1) is 0 Å². The van der Waals surface area contributed by atoms with E-state index in [-0.39, 0.29) is 12.3 Å². The predicted octanol–water partition coefficient (Wildman–Crippen LogP) is 5.84. The first kappa shape index (κ1) is 41.8. The van der Waals surface area contributed by atoms with E-state index in [1.807, 2.05) is 69.3 Å². The standard InChI is InChI=1S/C39H58N4O7/c1-24(2)17-18-27(5)43(35(46)30(23-32(40)44)42-37(48)50-39(9,10)11)33(29-20-25(3)19-26(4)21-29)34(45)41-31(36(47)49-38(6,7)8)22-28-15-13-12-14-16-28/h12-16,19-21,24,27,30-31,33H,17-18,22-23H2,1-11H3,(H2,40,44)(H,41,45)(H,42,48). The Morgan fingerprint density at radius 2 is 1.34 bits per heavy atom. The maximum Gasteiger partial charge on any atom is 0.408 e. The summed E-state index contributed by atoms with van der Waals surface area (Å²) in [5.41, 5.74) is 6.89. The predicted molar refractivity (Wildman–Crippen MR) is 194 cm³/mol. The van der Waals surface area contributed by atoms with Crippen LogP contribution >= 0.6 is 0 Å². The van der Waals surface area contributed by atoms with E-state index in [0.717, 1.165) is 23.1 Å². The number of nitrogens with two attached hydrogens (primary N) is 1. The number of alkyl carbamates (subject to hydrolysis) is 1. The highest BCUT2D eigenvalue weighted by molar-refractivity contribution is 5.96. The maximum absolute atomic E-state index is 14.8. The number of hydrogen-bond acceptors (Lipinski definition) is 7. The smallest absolute Gasteiger partial charge is 0.408 e. The minimum absolute atomic E-state index is 0.141. The highest BCUT2D eigenvalue weighted by Crippen LogP contribution is 2.30. The van der Waals surface area contributed by atoms with Gasteiger partial charge in [-0.2, -0.15) is 0 Å². The number of aryl methyl sites for hydroxylation is 2. The summed E-state index contributed by atoms with van der Waals surface area (Å²) >= 11 is 0. The molecule has 2 aromatic rings. The molecular weight excluding hydrogens is 636 g/mol. The Hall–Kier alpha value is -4.41. The molecule has 11 heteroatoms. The number of rotatable bonds is 15. The molecule has 0 heterocycles. The van der Waals surface area contributed by atoms with Gasteiger partial charge in [-0.3, -0.25) is 14.4 Å². The number of ether oxygens (including phenoxy) is 2. The van der Waals surface area contributed by atoms with Crippen molar-refractivity contribution in [2.75, 3.05) is 0 Å². The molecule has 50 heavy (non-hydrogen) atoms. The van der Waals surface area contributed by atoms with Gasteiger partial charge >= 0.3 is 12.1 Å². The Morgan fingerprint density at radius 1 is 0.780 bits per heavy atom. The molecule has 0 aromatic heterocycles. The van der Waals surface area contributed by atoms with E-state index in [0.29, 0.717) is 12.0 Å². The van der Waals surface area contributed by atoms with E-state index in [1.165, 1.54) is 4.90 Å². The van der Waals surface area contributed by atoms with Gasteiger partial charge in [-0.1, -0.05) is 73.5 Å². The number of primary amides is 1. The number of esters is 1. The van der Waals surface area contributed by atoms with E-state index in [4.69, 9.17) is 15.2 Å². The van der Waals surface area contributed by atoms with Gasteiger partial charge in [0.15, 0.2) is 0 Å². The van der Waals surface area contributed by atoms with Crippen molar-refractivity contribution >= 4 is 29.8 Å². The lowest BCUT2D eigenvalue weighted by molar-refractivity contribution is -0.159. The van der Waals surface area contributed by atoms with Crippen molar-refractivity contribution in [3.05, 3.63) is 70.8 Å². The molecule has 0 fully saturated rings. The van der Waals surface area contributed by atoms with Crippen LogP contribution in [0.15, 0.2) is 48.5 Å². The van der Waals surface area contributed by atoms with Crippen LogP contribution in [-0.4, -0.2) is 64.0 Å². The van der Waals surface area contributed by atoms with Crippen LogP contribution in [0, 0.1) is 19.8 Å². The first-order chi connectivity index (χ1) is 23.1. The zero-order valence-electron chi connectivity index (χ0n) is 31.7. The van der Waals surface area contributed by atoms with Crippen molar-refractivity contribution < 1.29 is 33.4 Å². The molecular formula is C39H58N4O7. The summed E-state index contributed by atoms with van der Waals surface area (Å²) in [5, 5.41) is 5.45. The Kier molecular flexibility index (Phi) is 15.0. The molecule has 0 bridgehead atoms. The molecule has 4 unspecified atom stereocenters. The number of benzene rings is 2. The molecule has 4 N–H and O–H groups in total. The van der Waals surface area contributed by atoms with Crippen LogP contribution in [0.4, 0.5) is 4.79 Å². The maximum atomic E-state index is 14.8. The summed E-state index contributed by atoms with van der Waals surface area (Å²) in [5.74, 6) is -2.48. The van der Waals surface area contributed by atoms with Crippen LogP contribution in [0.3, 0.4) is 0 Å². The largest absolute Gasteiger partial charge is 0.458 e. The van der Waals surface area contributed by atoms with E-state index in [2.05, 4.69) is 24.5 Å². The van der Waals surface area contributed by atoms with Crippen LogP contribution in [-0.2, 0) is 35.1 Å². The molecule has 0 aliphatic heterocycles. The summed E-state index contributed by atoms with van der Waals surface area (Å²) < 4.78 is 11.2. The van der Waals surface area contributed by atoms with Gasteiger partial charge in [0.2, 0.25) is 17.7 Å². The molecule has 0 saturated heterocycles. The molecule has 2 aromatic carbocycles. The van der Waals surface area contributed by atoms with Gasteiger partial charge in [0.25, 0.3) is 0 Å². The van der Waals surface area contributed by atoms with Crippen molar-refractivity contribution in [2.24, 2.45) is 11.7 Å². The van der Waals surface area contributed by atoms with Gasteiger partial charge in [0, 0.05) is 12.5 Å². The Bertz CT molecular complexity index is 1460. The lowest BCUT2D eigenvalue weighted by atomic mass is 9.94. The molecule has 0 radical (unpaired) electrons. The highest BCUT2D eigenvalue weighted by Gasteiger charge is 2.41. The molecule has 0 spiro atoms. The van der Waals surface area contributed by atoms with E-state index in [9.17, 15) is 24.0 Å². The molecule has 4 amide bonds.